The molecule has 0 spiro atoms. The molecule has 0 atom stereocenters. The third-order valence-electron chi connectivity index (χ3n) is 4.26. The van der Waals surface area contributed by atoms with Gasteiger partial charge in [0.1, 0.15) is 23.5 Å². The molecule has 25 heavy (non-hydrogen) atoms. The van der Waals surface area contributed by atoms with Crippen molar-refractivity contribution in [1.29, 1.82) is 0 Å². The lowest BCUT2D eigenvalue weighted by molar-refractivity contribution is 0.0470. The number of para-hydroxylation sites is 1. The van der Waals surface area contributed by atoms with Gasteiger partial charge in [0.2, 0.25) is 0 Å². The summed E-state index contributed by atoms with van der Waals surface area (Å²) in [6.07, 6.45) is 0. The average molecular weight is 338 g/mol. The van der Waals surface area contributed by atoms with Gasteiger partial charge < -0.3 is 14.3 Å². The van der Waals surface area contributed by atoms with E-state index in [1.165, 1.54) is 12.1 Å². The SMILES string of the molecule is Cc1cc2oc(=O)cc(COC(=O)c3cccc(C)c3O)c2cc1C. The van der Waals surface area contributed by atoms with E-state index in [0.29, 0.717) is 16.7 Å². The van der Waals surface area contributed by atoms with Crippen molar-refractivity contribution in [2.24, 2.45) is 0 Å². The van der Waals surface area contributed by atoms with Gasteiger partial charge in [-0.2, -0.15) is 0 Å². The Labute approximate surface area is 144 Å². The van der Waals surface area contributed by atoms with Gasteiger partial charge >= 0.3 is 11.6 Å². The molecule has 0 aliphatic heterocycles. The molecule has 2 aromatic carbocycles. The first kappa shape index (κ1) is 16.8. The second-order valence-electron chi connectivity index (χ2n) is 6.07. The number of hydrogen-bond acceptors (Lipinski definition) is 5. The molecule has 0 fully saturated rings. The normalized spacial score (nSPS) is 10.8. The highest BCUT2D eigenvalue weighted by molar-refractivity contribution is 5.93. The number of phenolic OH excluding ortho intramolecular Hbond substituents is 1. The number of benzene rings is 2. The number of carbonyl (C=O) groups is 1. The number of ether oxygens (including phenoxy) is 1. The number of hydrogen-bond donors (Lipinski definition) is 1. The number of phenols is 1. The van der Waals surface area contributed by atoms with Crippen LogP contribution in [0.15, 0.2) is 45.6 Å². The number of carbonyl (C=O) groups excluding carboxylic acids is 1. The Hall–Kier alpha value is -3.08. The van der Waals surface area contributed by atoms with Crippen molar-refractivity contribution >= 4 is 16.9 Å². The smallest absolute Gasteiger partial charge is 0.342 e. The van der Waals surface area contributed by atoms with Crippen LogP contribution in [0.2, 0.25) is 0 Å². The van der Waals surface area contributed by atoms with Crippen molar-refractivity contribution in [1.82, 2.24) is 0 Å². The summed E-state index contributed by atoms with van der Waals surface area (Å²) in [6, 6.07) is 9.89. The van der Waals surface area contributed by atoms with Crippen LogP contribution in [0.5, 0.6) is 5.75 Å². The predicted molar refractivity (Wildman–Crippen MR) is 93.9 cm³/mol. The van der Waals surface area contributed by atoms with Crippen LogP contribution < -0.4 is 5.63 Å². The van der Waals surface area contributed by atoms with E-state index in [1.807, 2.05) is 19.9 Å². The first-order chi connectivity index (χ1) is 11.9. The van der Waals surface area contributed by atoms with Crippen molar-refractivity contribution in [2.75, 3.05) is 0 Å². The van der Waals surface area contributed by atoms with Crippen LogP contribution in [-0.4, -0.2) is 11.1 Å². The van der Waals surface area contributed by atoms with Gasteiger partial charge in [0, 0.05) is 17.0 Å². The molecule has 5 heteroatoms. The molecule has 0 radical (unpaired) electrons. The van der Waals surface area contributed by atoms with E-state index in [0.717, 1.165) is 16.5 Å². The van der Waals surface area contributed by atoms with Gasteiger partial charge in [-0.15, -0.1) is 0 Å². The highest BCUT2D eigenvalue weighted by atomic mass is 16.5. The number of rotatable bonds is 3. The van der Waals surface area contributed by atoms with Crippen molar-refractivity contribution in [3.05, 3.63) is 74.6 Å². The quantitative estimate of drug-likeness (QED) is 0.581. The minimum absolute atomic E-state index is 0.0865. The van der Waals surface area contributed by atoms with Gasteiger partial charge in [0.15, 0.2) is 0 Å². The highest BCUT2D eigenvalue weighted by Gasteiger charge is 2.15. The van der Waals surface area contributed by atoms with Gasteiger partial charge in [-0.1, -0.05) is 12.1 Å². The standard InChI is InChI=1S/C20H18O5/c1-11-5-4-6-15(19(11)22)20(23)24-10-14-9-18(21)25-17-8-13(3)12(2)7-16(14)17/h4-9,22H,10H2,1-3H3. The largest absolute Gasteiger partial charge is 0.507 e. The fraction of sp³-hybridized carbons (Fsp3) is 0.200. The first-order valence-corrected chi connectivity index (χ1v) is 7.86. The van der Waals surface area contributed by atoms with Crippen LogP contribution in [0.25, 0.3) is 11.0 Å². The van der Waals surface area contributed by atoms with Gasteiger partial charge in [0.05, 0.1) is 0 Å². The van der Waals surface area contributed by atoms with E-state index in [9.17, 15) is 14.7 Å². The van der Waals surface area contributed by atoms with Crippen LogP contribution in [-0.2, 0) is 11.3 Å². The molecule has 3 aromatic rings. The fourth-order valence-corrected chi connectivity index (χ4v) is 2.65. The Morgan fingerprint density at radius 2 is 1.80 bits per heavy atom. The number of esters is 1. The van der Waals surface area contributed by atoms with Gasteiger partial charge in [-0.25, -0.2) is 9.59 Å². The molecular formula is C20H18O5. The molecule has 5 nitrogen and oxygen atoms in total. The third-order valence-corrected chi connectivity index (χ3v) is 4.26. The molecule has 0 aliphatic carbocycles. The molecule has 1 heterocycles. The maximum Gasteiger partial charge on any atom is 0.342 e. The number of aryl methyl sites for hydroxylation is 3. The molecule has 0 amide bonds. The second-order valence-corrected chi connectivity index (χ2v) is 6.07. The minimum atomic E-state index is -0.647. The summed E-state index contributed by atoms with van der Waals surface area (Å²) in [5.74, 6) is -0.747. The molecule has 1 N–H and O–H groups in total. The maximum atomic E-state index is 12.2. The molecule has 1 aromatic heterocycles. The monoisotopic (exact) mass is 338 g/mol. The molecule has 0 saturated carbocycles. The summed E-state index contributed by atoms with van der Waals surface area (Å²) in [5.41, 5.74) is 3.26. The van der Waals surface area contributed by atoms with E-state index in [4.69, 9.17) is 9.15 Å². The lowest BCUT2D eigenvalue weighted by Gasteiger charge is -2.10. The Balaban J connectivity index is 1.93. The predicted octanol–water partition coefficient (Wildman–Crippen LogP) is 3.78. The highest BCUT2D eigenvalue weighted by Crippen LogP contribution is 2.24. The number of aromatic hydroxyl groups is 1. The van der Waals surface area contributed by atoms with Crippen LogP contribution >= 0.6 is 0 Å². The Morgan fingerprint density at radius 3 is 2.56 bits per heavy atom. The molecule has 3 rings (SSSR count). The second kappa shape index (κ2) is 6.43. The molecule has 0 bridgehead atoms. The fourth-order valence-electron chi connectivity index (χ4n) is 2.65. The van der Waals surface area contributed by atoms with Gasteiger partial charge in [0.25, 0.3) is 0 Å². The van der Waals surface area contributed by atoms with E-state index in [-0.39, 0.29) is 17.9 Å². The molecule has 0 aliphatic rings. The van der Waals surface area contributed by atoms with Gasteiger partial charge in [-0.3, -0.25) is 0 Å². The lowest BCUT2D eigenvalue weighted by Crippen LogP contribution is -2.08. The lowest BCUT2D eigenvalue weighted by atomic mass is 10.0. The zero-order valence-electron chi connectivity index (χ0n) is 14.3. The zero-order valence-corrected chi connectivity index (χ0v) is 14.3. The molecule has 0 saturated heterocycles. The van der Waals surface area contributed by atoms with Crippen molar-refractivity contribution in [3.63, 3.8) is 0 Å². The van der Waals surface area contributed by atoms with Crippen LogP contribution in [0.1, 0.15) is 32.6 Å². The summed E-state index contributed by atoms with van der Waals surface area (Å²) in [4.78, 5) is 24.0. The Morgan fingerprint density at radius 1 is 1.08 bits per heavy atom. The molecular weight excluding hydrogens is 320 g/mol. The minimum Gasteiger partial charge on any atom is -0.507 e. The molecule has 0 unspecified atom stereocenters. The van der Waals surface area contributed by atoms with E-state index < -0.39 is 11.6 Å². The zero-order chi connectivity index (χ0) is 18.1. The molecule has 128 valence electrons. The van der Waals surface area contributed by atoms with Crippen LogP contribution in [0.3, 0.4) is 0 Å². The number of fused-ring (bicyclic) bond motifs is 1. The third kappa shape index (κ3) is 3.26. The Bertz CT molecular complexity index is 1030. The van der Waals surface area contributed by atoms with Crippen molar-refractivity contribution < 1.29 is 19.1 Å². The summed E-state index contributed by atoms with van der Waals surface area (Å²) >= 11 is 0. The van der Waals surface area contributed by atoms with E-state index >= 15 is 0 Å². The topological polar surface area (TPSA) is 76.7 Å². The average Bonchev–Trinajstić information content (AvgIpc) is 2.56. The van der Waals surface area contributed by atoms with Crippen LogP contribution in [0.4, 0.5) is 0 Å². The van der Waals surface area contributed by atoms with E-state index in [1.54, 1.807) is 25.1 Å². The van der Waals surface area contributed by atoms with Crippen molar-refractivity contribution in [3.8, 4) is 5.75 Å². The van der Waals surface area contributed by atoms with Crippen molar-refractivity contribution in [2.45, 2.75) is 27.4 Å². The van der Waals surface area contributed by atoms with Crippen LogP contribution in [0, 0.1) is 20.8 Å². The summed E-state index contributed by atoms with van der Waals surface area (Å²) in [7, 11) is 0. The summed E-state index contributed by atoms with van der Waals surface area (Å²) < 4.78 is 10.5. The first-order valence-electron chi connectivity index (χ1n) is 7.86. The summed E-state index contributed by atoms with van der Waals surface area (Å²) in [5, 5.41) is 10.7. The Kier molecular flexibility index (Phi) is 4.31. The summed E-state index contributed by atoms with van der Waals surface area (Å²) in [6.45, 7) is 5.51. The maximum absolute atomic E-state index is 12.2. The van der Waals surface area contributed by atoms with E-state index in [2.05, 4.69) is 0 Å². The van der Waals surface area contributed by atoms with Gasteiger partial charge in [-0.05, 0) is 55.7 Å².